The predicted molar refractivity (Wildman–Crippen MR) is 108 cm³/mol. The van der Waals surface area contributed by atoms with E-state index in [9.17, 15) is 4.79 Å². The molecule has 0 spiro atoms. The first kappa shape index (κ1) is 17.6. The fourth-order valence-electron chi connectivity index (χ4n) is 3.46. The molecule has 0 aliphatic carbocycles. The molecule has 1 fully saturated rings. The number of benzene rings is 1. The van der Waals surface area contributed by atoms with Crippen molar-refractivity contribution in [1.82, 2.24) is 14.5 Å². The zero-order valence-electron chi connectivity index (χ0n) is 15.2. The summed E-state index contributed by atoms with van der Waals surface area (Å²) in [5, 5.41) is 0.737. The van der Waals surface area contributed by atoms with Gasteiger partial charge in [-0.05, 0) is 48.0 Å². The molecule has 1 aromatic carbocycles. The second-order valence-electron chi connectivity index (χ2n) is 6.72. The molecule has 27 heavy (non-hydrogen) atoms. The van der Waals surface area contributed by atoms with Gasteiger partial charge in [0, 0.05) is 68.1 Å². The summed E-state index contributed by atoms with van der Waals surface area (Å²) in [4.78, 5) is 21.3. The van der Waals surface area contributed by atoms with E-state index in [2.05, 4.69) is 9.88 Å². The Bertz CT molecular complexity index is 929. The SMILES string of the molecule is Cn1cc(-c2ccncc2)cc1C(=O)N1CCN(c2ccc(Cl)cc2)CC1. The molecule has 1 aliphatic rings. The standard InChI is InChI=1S/C21H21ClN4O/c1-24-15-17(16-6-8-23-9-7-16)14-20(24)21(27)26-12-10-25(11-13-26)19-4-2-18(22)3-5-19/h2-9,14-15H,10-13H2,1H3. The minimum Gasteiger partial charge on any atom is -0.368 e. The third-order valence-electron chi connectivity index (χ3n) is 5.00. The highest BCUT2D eigenvalue weighted by Crippen LogP contribution is 2.23. The van der Waals surface area contributed by atoms with Gasteiger partial charge in [-0.15, -0.1) is 0 Å². The van der Waals surface area contributed by atoms with Crippen LogP contribution in [0, 0.1) is 0 Å². The summed E-state index contributed by atoms with van der Waals surface area (Å²) in [6.45, 7) is 3.04. The molecule has 0 N–H and O–H groups in total. The average Bonchev–Trinajstić information content (AvgIpc) is 3.10. The highest BCUT2D eigenvalue weighted by atomic mass is 35.5. The normalized spacial score (nSPS) is 14.4. The van der Waals surface area contributed by atoms with Gasteiger partial charge < -0.3 is 14.4 Å². The van der Waals surface area contributed by atoms with Gasteiger partial charge in [0.15, 0.2) is 0 Å². The Morgan fingerprint density at radius 3 is 2.30 bits per heavy atom. The molecular weight excluding hydrogens is 360 g/mol. The van der Waals surface area contributed by atoms with Crippen molar-refractivity contribution in [3.05, 3.63) is 71.8 Å². The quantitative estimate of drug-likeness (QED) is 0.695. The number of anilines is 1. The van der Waals surface area contributed by atoms with Gasteiger partial charge in [0.25, 0.3) is 5.91 Å². The van der Waals surface area contributed by atoms with E-state index >= 15 is 0 Å². The maximum Gasteiger partial charge on any atom is 0.270 e. The first-order valence-corrected chi connectivity index (χ1v) is 9.36. The van der Waals surface area contributed by atoms with Crippen LogP contribution in [0.5, 0.6) is 0 Å². The lowest BCUT2D eigenvalue weighted by atomic mass is 10.1. The van der Waals surface area contributed by atoms with Crippen LogP contribution in [-0.2, 0) is 7.05 Å². The Kier molecular flexibility index (Phi) is 4.86. The highest BCUT2D eigenvalue weighted by molar-refractivity contribution is 6.30. The molecule has 2 aromatic heterocycles. The third kappa shape index (κ3) is 3.69. The van der Waals surface area contributed by atoms with Gasteiger partial charge in [0.1, 0.15) is 5.69 Å². The van der Waals surface area contributed by atoms with Crippen LogP contribution in [0.25, 0.3) is 11.1 Å². The zero-order valence-corrected chi connectivity index (χ0v) is 15.9. The second-order valence-corrected chi connectivity index (χ2v) is 7.15. The minimum absolute atomic E-state index is 0.0774. The molecule has 0 unspecified atom stereocenters. The van der Waals surface area contributed by atoms with E-state index < -0.39 is 0 Å². The molecule has 6 heteroatoms. The molecule has 0 radical (unpaired) electrons. The van der Waals surface area contributed by atoms with Crippen LogP contribution < -0.4 is 4.90 Å². The van der Waals surface area contributed by atoms with E-state index in [0.717, 1.165) is 34.9 Å². The van der Waals surface area contributed by atoms with Crippen LogP contribution in [0.2, 0.25) is 5.02 Å². The molecule has 1 saturated heterocycles. The summed E-state index contributed by atoms with van der Waals surface area (Å²) >= 11 is 5.97. The van der Waals surface area contributed by atoms with Crippen molar-refractivity contribution < 1.29 is 4.79 Å². The maximum atomic E-state index is 13.0. The number of amides is 1. The van der Waals surface area contributed by atoms with E-state index in [1.165, 1.54) is 0 Å². The number of hydrogen-bond acceptors (Lipinski definition) is 3. The topological polar surface area (TPSA) is 41.4 Å². The van der Waals surface area contributed by atoms with Crippen LogP contribution in [0.3, 0.4) is 0 Å². The van der Waals surface area contributed by atoms with Crippen molar-refractivity contribution in [2.75, 3.05) is 31.1 Å². The maximum absolute atomic E-state index is 13.0. The third-order valence-corrected chi connectivity index (χ3v) is 5.25. The van der Waals surface area contributed by atoms with Gasteiger partial charge in [-0.25, -0.2) is 0 Å². The largest absolute Gasteiger partial charge is 0.368 e. The van der Waals surface area contributed by atoms with Crippen molar-refractivity contribution in [1.29, 1.82) is 0 Å². The molecule has 0 saturated carbocycles. The first-order chi connectivity index (χ1) is 13.1. The van der Waals surface area contributed by atoms with Crippen LogP contribution in [0.1, 0.15) is 10.5 Å². The van der Waals surface area contributed by atoms with Crippen LogP contribution >= 0.6 is 11.6 Å². The van der Waals surface area contributed by atoms with Gasteiger partial charge in [-0.3, -0.25) is 9.78 Å². The van der Waals surface area contributed by atoms with E-state index in [-0.39, 0.29) is 5.91 Å². The number of pyridine rings is 1. The Labute approximate surface area is 163 Å². The van der Waals surface area contributed by atoms with Crippen molar-refractivity contribution in [3.8, 4) is 11.1 Å². The molecule has 1 aliphatic heterocycles. The summed E-state index contributed by atoms with van der Waals surface area (Å²) in [7, 11) is 1.92. The molecule has 3 heterocycles. The molecular formula is C21H21ClN4O. The van der Waals surface area contributed by atoms with E-state index in [4.69, 9.17) is 11.6 Å². The Hall–Kier alpha value is -2.79. The van der Waals surface area contributed by atoms with E-state index in [0.29, 0.717) is 18.8 Å². The monoisotopic (exact) mass is 380 g/mol. The minimum atomic E-state index is 0.0774. The number of nitrogens with zero attached hydrogens (tertiary/aromatic N) is 4. The number of halogens is 1. The second kappa shape index (κ2) is 7.45. The van der Waals surface area contributed by atoms with E-state index in [1.807, 2.05) is 65.2 Å². The lowest BCUT2D eigenvalue weighted by Gasteiger charge is -2.36. The number of carbonyl (C=O) groups excluding carboxylic acids is 1. The smallest absolute Gasteiger partial charge is 0.270 e. The predicted octanol–water partition coefficient (Wildman–Crippen LogP) is 3.70. The number of hydrogen-bond donors (Lipinski definition) is 0. The van der Waals surface area contributed by atoms with Gasteiger partial charge in [0.2, 0.25) is 0 Å². The molecule has 3 aromatic rings. The number of aryl methyl sites for hydroxylation is 1. The first-order valence-electron chi connectivity index (χ1n) is 8.98. The van der Waals surface area contributed by atoms with Crippen molar-refractivity contribution >= 4 is 23.2 Å². The van der Waals surface area contributed by atoms with Crippen molar-refractivity contribution in [2.45, 2.75) is 0 Å². The van der Waals surface area contributed by atoms with Crippen molar-refractivity contribution in [3.63, 3.8) is 0 Å². The summed E-state index contributed by atoms with van der Waals surface area (Å²) in [6, 6.07) is 13.7. The zero-order chi connectivity index (χ0) is 18.8. The molecule has 0 atom stereocenters. The van der Waals surface area contributed by atoms with E-state index in [1.54, 1.807) is 12.4 Å². The average molecular weight is 381 g/mol. The number of piperazine rings is 1. The lowest BCUT2D eigenvalue weighted by molar-refractivity contribution is 0.0737. The molecule has 138 valence electrons. The molecule has 0 bridgehead atoms. The number of aromatic nitrogens is 2. The summed E-state index contributed by atoms with van der Waals surface area (Å²) < 4.78 is 1.91. The van der Waals surface area contributed by atoms with Crippen LogP contribution in [0.4, 0.5) is 5.69 Å². The molecule has 5 nitrogen and oxygen atoms in total. The van der Waals surface area contributed by atoms with Gasteiger partial charge in [0.05, 0.1) is 0 Å². The fraction of sp³-hybridized carbons (Fsp3) is 0.238. The lowest BCUT2D eigenvalue weighted by Crippen LogP contribution is -2.49. The number of rotatable bonds is 3. The van der Waals surface area contributed by atoms with Crippen molar-refractivity contribution in [2.24, 2.45) is 7.05 Å². The summed E-state index contributed by atoms with van der Waals surface area (Å²) in [5.41, 5.74) is 3.95. The van der Waals surface area contributed by atoms with Gasteiger partial charge in [-0.1, -0.05) is 11.6 Å². The van der Waals surface area contributed by atoms with Crippen LogP contribution in [-0.4, -0.2) is 46.5 Å². The van der Waals surface area contributed by atoms with Gasteiger partial charge in [-0.2, -0.15) is 0 Å². The summed E-state index contributed by atoms with van der Waals surface area (Å²) in [5.74, 6) is 0.0774. The fourth-order valence-corrected chi connectivity index (χ4v) is 3.59. The van der Waals surface area contributed by atoms with Gasteiger partial charge >= 0.3 is 0 Å². The Morgan fingerprint density at radius 1 is 0.963 bits per heavy atom. The Balaban J connectivity index is 1.45. The number of carbonyl (C=O) groups is 1. The Morgan fingerprint density at radius 2 is 1.63 bits per heavy atom. The highest BCUT2D eigenvalue weighted by Gasteiger charge is 2.24. The molecule has 4 rings (SSSR count). The molecule has 1 amide bonds. The van der Waals surface area contributed by atoms with Crippen LogP contribution in [0.15, 0.2) is 61.1 Å². The summed E-state index contributed by atoms with van der Waals surface area (Å²) in [6.07, 6.45) is 5.52.